The predicted octanol–water partition coefficient (Wildman–Crippen LogP) is 6.69. The van der Waals surface area contributed by atoms with Gasteiger partial charge in [0.05, 0.1) is 11.0 Å². The molecule has 2 atom stereocenters. The molecule has 0 spiro atoms. The van der Waals surface area contributed by atoms with Gasteiger partial charge < -0.3 is 14.8 Å². The molecule has 0 bridgehead atoms. The van der Waals surface area contributed by atoms with Gasteiger partial charge in [-0.1, -0.05) is 38.5 Å². The lowest BCUT2D eigenvalue weighted by Gasteiger charge is -2.40. The Morgan fingerprint density at radius 2 is 1.88 bits per heavy atom. The van der Waals surface area contributed by atoms with Gasteiger partial charge in [0, 0.05) is 25.7 Å². The number of rotatable bonds is 6. The van der Waals surface area contributed by atoms with Crippen molar-refractivity contribution in [3.63, 3.8) is 0 Å². The number of aromatic nitrogens is 2. The molecule has 2 heterocycles. The minimum absolute atomic E-state index is 0.196. The molecule has 1 fully saturated rings. The van der Waals surface area contributed by atoms with Crippen molar-refractivity contribution in [3.8, 4) is 11.1 Å². The summed E-state index contributed by atoms with van der Waals surface area (Å²) in [5, 5.41) is 0. The zero-order chi connectivity index (χ0) is 23.5. The van der Waals surface area contributed by atoms with Crippen molar-refractivity contribution in [3.05, 3.63) is 53.3 Å². The summed E-state index contributed by atoms with van der Waals surface area (Å²) in [6.45, 7) is 13.0. The van der Waals surface area contributed by atoms with Crippen LogP contribution in [-0.4, -0.2) is 44.9 Å². The number of likely N-dealkylation sites (tertiary alicyclic amines) is 1. The van der Waals surface area contributed by atoms with Crippen LogP contribution < -0.4 is 0 Å². The van der Waals surface area contributed by atoms with Crippen LogP contribution in [0.4, 0.5) is 4.79 Å². The number of piperidine rings is 1. The Morgan fingerprint density at radius 1 is 1.12 bits per heavy atom. The zero-order valence-electron chi connectivity index (χ0n) is 20.8. The highest BCUT2D eigenvalue weighted by atomic mass is 16.2. The minimum atomic E-state index is 0.196. The first-order valence-corrected chi connectivity index (χ1v) is 12.5. The number of carbonyl (C=O) groups excluding carboxylic acids is 1. The first-order chi connectivity index (χ1) is 15.9. The molecular weight excluding hydrogens is 408 g/mol. The Morgan fingerprint density at radius 3 is 2.64 bits per heavy atom. The van der Waals surface area contributed by atoms with Gasteiger partial charge in [-0.05, 0) is 86.4 Å². The van der Waals surface area contributed by atoms with Crippen molar-refractivity contribution < 1.29 is 4.79 Å². The standard InChI is InChI=1S/C28H38N4O/c1-6-14-31(28(33)32-17-22(7-2)10-9-20(32)4)18-25-15-23(11-8-19(25)3)24-12-13-26-27(16-24)30-21(5)29-26/h8,11-13,15-16,20,22H,6-7,9-10,14,17-18H2,1-5H3,(H,29,30). The van der Waals surface area contributed by atoms with Crippen LogP contribution >= 0.6 is 0 Å². The molecule has 0 radical (unpaired) electrons. The van der Waals surface area contributed by atoms with E-state index < -0.39 is 0 Å². The summed E-state index contributed by atoms with van der Waals surface area (Å²) in [6, 6.07) is 13.5. The largest absolute Gasteiger partial charge is 0.342 e. The summed E-state index contributed by atoms with van der Waals surface area (Å²) in [7, 11) is 0. The lowest BCUT2D eigenvalue weighted by atomic mass is 9.92. The molecule has 2 aromatic carbocycles. The van der Waals surface area contributed by atoms with E-state index >= 15 is 0 Å². The molecule has 5 heteroatoms. The molecule has 2 amide bonds. The number of aryl methyl sites for hydroxylation is 2. The number of urea groups is 1. The Kier molecular flexibility index (Phi) is 7.06. The summed E-state index contributed by atoms with van der Waals surface area (Å²) < 4.78 is 0. The lowest BCUT2D eigenvalue weighted by molar-refractivity contribution is 0.0978. The number of imidazole rings is 1. The zero-order valence-corrected chi connectivity index (χ0v) is 20.8. The van der Waals surface area contributed by atoms with E-state index in [0.29, 0.717) is 18.5 Å². The van der Waals surface area contributed by atoms with E-state index in [0.717, 1.165) is 54.8 Å². The maximum atomic E-state index is 13.6. The van der Waals surface area contributed by atoms with E-state index in [1.165, 1.54) is 23.1 Å². The van der Waals surface area contributed by atoms with Crippen molar-refractivity contribution in [2.45, 2.75) is 72.9 Å². The van der Waals surface area contributed by atoms with Crippen LogP contribution in [0.5, 0.6) is 0 Å². The molecule has 2 unspecified atom stereocenters. The second-order valence-corrected chi connectivity index (χ2v) is 9.75. The number of fused-ring (bicyclic) bond motifs is 1. The van der Waals surface area contributed by atoms with E-state index in [9.17, 15) is 4.79 Å². The highest BCUT2D eigenvalue weighted by Crippen LogP contribution is 2.28. The molecule has 1 aliphatic heterocycles. The molecule has 1 aromatic heterocycles. The third kappa shape index (κ3) is 5.07. The molecule has 176 valence electrons. The van der Waals surface area contributed by atoms with Gasteiger partial charge in [0.1, 0.15) is 5.82 Å². The van der Waals surface area contributed by atoms with Crippen LogP contribution in [0.1, 0.15) is 63.4 Å². The van der Waals surface area contributed by atoms with Crippen molar-refractivity contribution in [2.24, 2.45) is 5.92 Å². The van der Waals surface area contributed by atoms with Gasteiger partial charge in [0.25, 0.3) is 0 Å². The first kappa shape index (κ1) is 23.3. The number of aromatic amines is 1. The Hall–Kier alpha value is -2.82. The molecule has 5 nitrogen and oxygen atoms in total. The first-order valence-electron chi connectivity index (χ1n) is 12.5. The Balaban J connectivity index is 1.59. The van der Waals surface area contributed by atoms with Crippen molar-refractivity contribution in [1.29, 1.82) is 0 Å². The topological polar surface area (TPSA) is 52.2 Å². The van der Waals surface area contributed by atoms with E-state index in [4.69, 9.17) is 0 Å². The number of hydrogen-bond donors (Lipinski definition) is 1. The van der Waals surface area contributed by atoms with Crippen molar-refractivity contribution in [2.75, 3.05) is 13.1 Å². The Bertz CT molecular complexity index is 1120. The van der Waals surface area contributed by atoms with Crippen LogP contribution in [0.15, 0.2) is 36.4 Å². The van der Waals surface area contributed by atoms with Gasteiger partial charge in [0.15, 0.2) is 0 Å². The fourth-order valence-corrected chi connectivity index (χ4v) is 5.02. The molecule has 4 rings (SSSR count). The molecule has 3 aromatic rings. The summed E-state index contributed by atoms with van der Waals surface area (Å²) >= 11 is 0. The average molecular weight is 447 g/mol. The lowest BCUT2D eigenvalue weighted by Crippen LogP contribution is -2.51. The highest BCUT2D eigenvalue weighted by Gasteiger charge is 2.31. The summed E-state index contributed by atoms with van der Waals surface area (Å²) in [5.41, 5.74) is 6.82. The number of amides is 2. The van der Waals surface area contributed by atoms with E-state index in [1.54, 1.807) is 0 Å². The minimum Gasteiger partial charge on any atom is -0.342 e. The number of hydrogen-bond acceptors (Lipinski definition) is 2. The van der Waals surface area contributed by atoms with Gasteiger partial charge in [0.2, 0.25) is 0 Å². The second kappa shape index (κ2) is 9.98. The van der Waals surface area contributed by atoms with Crippen LogP contribution in [0.2, 0.25) is 0 Å². The van der Waals surface area contributed by atoms with E-state index in [1.807, 2.05) is 6.92 Å². The van der Waals surface area contributed by atoms with E-state index in [-0.39, 0.29) is 6.03 Å². The predicted molar refractivity (Wildman–Crippen MR) is 136 cm³/mol. The molecule has 33 heavy (non-hydrogen) atoms. The van der Waals surface area contributed by atoms with Gasteiger partial charge in [-0.25, -0.2) is 9.78 Å². The summed E-state index contributed by atoms with van der Waals surface area (Å²) in [4.78, 5) is 25.7. The maximum Gasteiger partial charge on any atom is 0.320 e. The number of nitrogens with zero attached hydrogens (tertiary/aromatic N) is 3. The normalized spacial score (nSPS) is 18.6. The molecule has 1 aliphatic rings. The van der Waals surface area contributed by atoms with Crippen LogP contribution in [0, 0.1) is 19.8 Å². The number of H-pyrrole nitrogens is 1. The molecule has 1 N–H and O–H groups in total. The monoisotopic (exact) mass is 446 g/mol. The van der Waals surface area contributed by atoms with Gasteiger partial charge in [-0.3, -0.25) is 0 Å². The quantitative estimate of drug-likeness (QED) is 0.459. The van der Waals surface area contributed by atoms with Crippen molar-refractivity contribution in [1.82, 2.24) is 19.8 Å². The van der Waals surface area contributed by atoms with Crippen LogP contribution in [-0.2, 0) is 6.54 Å². The Labute approximate surface area is 198 Å². The van der Waals surface area contributed by atoms with Crippen LogP contribution in [0.25, 0.3) is 22.2 Å². The second-order valence-electron chi connectivity index (χ2n) is 9.75. The highest BCUT2D eigenvalue weighted by molar-refractivity contribution is 5.82. The fourth-order valence-electron chi connectivity index (χ4n) is 5.02. The third-order valence-electron chi connectivity index (χ3n) is 7.21. The SMILES string of the molecule is CCCN(Cc1cc(-c2ccc3nc(C)[nH]c3c2)ccc1C)C(=O)N1CC(CC)CCC1C. The number of nitrogens with one attached hydrogen (secondary N) is 1. The maximum absolute atomic E-state index is 13.6. The van der Waals surface area contributed by atoms with Crippen molar-refractivity contribution >= 4 is 17.1 Å². The number of benzene rings is 2. The third-order valence-corrected chi connectivity index (χ3v) is 7.21. The van der Waals surface area contributed by atoms with Gasteiger partial charge in [-0.15, -0.1) is 0 Å². The molecule has 0 saturated carbocycles. The summed E-state index contributed by atoms with van der Waals surface area (Å²) in [6.07, 6.45) is 4.44. The van der Waals surface area contributed by atoms with Crippen LogP contribution in [0.3, 0.4) is 0 Å². The van der Waals surface area contributed by atoms with Gasteiger partial charge >= 0.3 is 6.03 Å². The fraction of sp³-hybridized carbons (Fsp3) is 0.500. The summed E-state index contributed by atoms with van der Waals surface area (Å²) in [5.74, 6) is 1.55. The smallest absolute Gasteiger partial charge is 0.320 e. The van der Waals surface area contributed by atoms with Gasteiger partial charge in [-0.2, -0.15) is 0 Å². The van der Waals surface area contributed by atoms with E-state index in [2.05, 4.69) is 83.9 Å². The molecule has 0 aliphatic carbocycles. The number of carbonyl (C=O) groups is 1. The molecule has 1 saturated heterocycles. The average Bonchev–Trinajstić information content (AvgIpc) is 3.19. The molecular formula is C28H38N4O.